The molecule has 14 heteroatoms. The number of nitrogens with zero attached hydrogens (tertiary/aromatic N) is 3. The van der Waals surface area contributed by atoms with Crippen LogP contribution >= 0.6 is 0 Å². The van der Waals surface area contributed by atoms with Crippen molar-refractivity contribution >= 4 is 27.2 Å². The molecule has 0 bridgehead atoms. The van der Waals surface area contributed by atoms with Crippen LogP contribution in [0.3, 0.4) is 0 Å². The van der Waals surface area contributed by atoms with E-state index >= 15 is 0 Å². The molecule has 2 aliphatic rings. The maximum absolute atomic E-state index is 12.7. The highest BCUT2D eigenvalue weighted by Crippen LogP contribution is 2.36. The molecule has 2 saturated heterocycles. The van der Waals surface area contributed by atoms with Gasteiger partial charge in [-0.25, -0.2) is 9.97 Å². The predicted octanol–water partition coefficient (Wildman–Crippen LogP) is -0.885. The van der Waals surface area contributed by atoms with Crippen LogP contribution in [0.2, 0.25) is 0 Å². The Morgan fingerprint density at radius 1 is 1.21 bits per heavy atom. The summed E-state index contributed by atoms with van der Waals surface area (Å²) in [5, 5.41) is 31.1. The molecule has 6 N–H and O–H groups in total. The van der Waals surface area contributed by atoms with Gasteiger partial charge in [0, 0.05) is 11.8 Å². The van der Waals surface area contributed by atoms with Crippen molar-refractivity contribution in [2.45, 2.75) is 30.1 Å². The van der Waals surface area contributed by atoms with Crippen LogP contribution in [0.5, 0.6) is 5.75 Å². The molecule has 1 aromatic carbocycles. The number of para-hydroxylation sites is 1. The van der Waals surface area contributed by atoms with Gasteiger partial charge in [0.15, 0.2) is 11.9 Å². The zero-order chi connectivity index (χ0) is 24.1. The van der Waals surface area contributed by atoms with E-state index in [0.717, 1.165) is 0 Å². The number of aromatic hydroxyl groups is 1. The van der Waals surface area contributed by atoms with Crippen molar-refractivity contribution in [2.75, 3.05) is 25.6 Å². The zero-order valence-electron chi connectivity index (χ0n) is 17.7. The summed E-state index contributed by atoms with van der Waals surface area (Å²) >= 11 is 0. The molecule has 0 spiro atoms. The monoisotopic (exact) mass is 493 g/mol. The molecule has 0 unspecified atom stereocenters. The first-order chi connectivity index (χ1) is 16.2. The van der Waals surface area contributed by atoms with Gasteiger partial charge in [0.05, 0.1) is 31.8 Å². The minimum absolute atomic E-state index is 0.000337. The van der Waals surface area contributed by atoms with Gasteiger partial charge in [-0.3, -0.25) is 8.75 Å². The van der Waals surface area contributed by atoms with Crippen molar-refractivity contribution in [3.8, 4) is 5.75 Å². The van der Waals surface area contributed by atoms with E-state index in [2.05, 4.69) is 14.7 Å². The van der Waals surface area contributed by atoms with E-state index in [4.69, 9.17) is 19.4 Å². The molecule has 3 aromatic rings. The van der Waals surface area contributed by atoms with Crippen LogP contribution in [-0.2, 0) is 29.5 Å². The number of rotatable bonds is 7. The highest BCUT2D eigenvalue weighted by atomic mass is 32.2. The Kier molecular flexibility index (Phi) is 5.68. The number of aliphatic hydroxyl groups is 2. The van der Waals surface area contributed by atoms with Gasteiger partial charge in [0.1, 0.15) is 35.1 Å². The fourth-order valence-electron chi connectivity index (χ4n) is 4.12. The number of ether oxygens (including phenoxy) is 2. The normalized spacial score (nSPS) is 26.5. The number of hydrogen-bond acceptors (Lipinski definition) is 11. The van der Waals surface area contributed by atoms with Crippen LogP contribution < -0.4 is 10.5 Å². The highest BCUT2D eigenvalue weighted by Gasteiger charge is 2.48. The molecule has 5 rings (SSSR count). The Hall–Kier alpha value is -2.85. The lowest BCUT2D eigenvalue weighted by Gasteiger charge is -2.41. The van der Waals surface area contributed by atoms with E-state index in [9.17, 15) is 23.7 Å². The lowest BCUT2D eigenvalue weighted by molar-refractivity contribution is -0.0704. The summed E-state index contributed by atoms with van der Waals surface area (Å²) in [5.74, 6) is -0.0872. The largest absolute Gasteiger partial charge is 0.508 e. The molecular formula is C20H23N5O8S. The number of anilines is 1. The maximum atomic E-state index is 12.7. The summed E-state index contributed by atoms with van der Waals surface area (Å²) in [6.07, 6.45) is -2.28. The second kappa shape index (κ2) is 8.42. The van der Waals surface area contributed by atoms with Gasteiger partial charge >= 0.3 is 10.3 Å². The Balaban J connectivity index is 1.29. The van der Waals surface area contributed by atoms with Gasteiger partial charge in [-0.2, -0.15) is 13.1 Å². The number of aromatic nitrogens is 3. The SMILES string of the molecule is Nc1ccnc2c1ncn2[C@@H]1O[C@H](COS(=O)(=O)NC2(c3ccccc3O)COC2)[C@@H](O)[C@H]1O. The molecule has 34 heavy (non-hydrogen) atoms. The quantitative estimate of drug-likeness (QED) is 0.274. The topological polar surface area (TPSA) is 191 Å². The third-order valence-corrected chi connectivity index (χ3v) is 7.01. The number of imidazole rings is 1. The Bertz CT molecular complexity index is 1310. The van der Waals surface area contributed by atoms with Gasteiger partial charge in [-0.15, -0.1) is 0 Å². The Labute approximate surface area is 194 Å². The van der Waals surface area contributed by atoms with Crippen LogP contribution in [0.25, 0.3) is 11.2 Å². The lowest BCUT2D eigenvalue weighted by Crippen LogP contribution is -2.59. The first-order valence-corrected chi connectivity index (χ1v) is 11.7. The fraction of sp³-hybridized carbons (Fsp3) is 0.400. The van der Waals surface area contributed by atoms with Crippen LogP contribution in [0.15, 0.2) is 42.9 Å². The molecule has 4 heterocycles. The van der Waals surface area contributed by atoms with E-state index in [1.807, 2.05) is 0 Å². The van der Waals surface area contributed by atoms with Gasteiger partial charge < -0.3 is 30.5 Å². The van der Waals surface area contributed by atoms with Crippen molar-refractivity contribution in [3.05, 3.63) is 48.4 Å². The molecule has 2 fully saturated rings. The van der Waals surface area contributed by atoms with Crippen LogP contribution in [0, 0.1) is 0 Å². The molecule has 2 aromatic heterocycles. The van der Waals surface area contributed by atoms with Crippen LogP contribution in [0.4, 0.5) is 5.69 Å². The summed E-state index contributed by atoms with van der Waals surface area (Å²) in [6, 6.07) is 7.88. The van der Waals surface area contributed by atoms with Gasteiger partial charge in [-0.05, 0) is 12.1 Å². The molecule has 0 amide bonds. The van der Waals surface area contributed by atoms with Crippen molar-refractivity contribution in [1.29, 1.82) is 0 Å². The number of phenols is 1. The molecular weight excluding hydrogens is 470 g/mol. The molecule has 182 valence electrons. The van der Waals surface area contributed by atoms with E-state index in [-0.39, 0.29) is 19.0 Å². The summed E-state index contributed by atoms with van der Waals surface area (Å²) in [7, 11) is -4.37. The number of nitrogens with two attached hydrogens (primary N) is 1. The second-order valence-electron chi connectivity index (χ2n) is 8.20. The number of pyridine rings is 1. The van der Waals surface area contributed by atoms with Gasteiger partial charge in [0.2, 0.25) is 0 Å². The molecule has 0 radical (unpaired) electrons. The average Bonchev–Trinajstić information content (AvgIpc) is 3.32. The first-order valence-electron chi connectivity index (χ1n) is 10.3. The number of fused-ring (bicyclic) bond motifs is 1. The predicted molar refractivity (Wildman–Crippen MR) is 116 cm³/mol. The third kappa shape index (κ3) is 3.88. The zero-order valence-corrected chi connectivity index (χ0v) is 18.5. The number of phenolic OH excluding ortho intramolecular Hbond substituents is 1. The van der Waals surface area contributed by atoms with E-state index in [1.54, 1.807) is 24.3 Å². The van der Waals surface area contributed by atoms with E-state index in [1.165, 1.54) is 23.2 Å². The van der Waals surface area contributed by atoms with Crippen molar-refractivity contribution in [2.24, 2.45) is 0 Å². The number of benzene rings is 1. The minimum atomic E-state index is -4.37. The average molecular weight is 493 g/mol. The summed E-state index contributed by atoms with van der Waals surface area (Å²) in [4.78, 5) is 8.34. The summed E-state index contributed by atoms with van der Waals surface area (Å²) in [6.45, 7) is -0.579. The van der Waals surface area contributed by atoms with Gasteiger partial charge in [-0.1, -0.05) is 18.2 Å². The second-order valence-corrected chi connectivity index (χ2v) is 9.55. The van der Waals surface area contributed by atoms with Gasteiger partial charge in [0.25, 0.3) is 0 Å². The van der Waals surface area contributed by atoms with Crippen LogP contribution in [0.1, 0.15) is 11.8 Å². The third-order valence-electron chi connectivity index (χ3n) is 5.93. The van der Waals surface area contributed by atoms with E-state index in [0.29, 0.717) is 22.4 Å². The first kappa shape index (κ1) is 22.9. The van der Waals surface area contributed by atoms with Crippen molar-refractivity contribution in [3.63, 3.8) is 0 Å². The fourth-order valence-corrected chi connectivity index (χ4v) is 5.19. The number of hydrogen-bond donors (Lipinski definition) is 5. The van der Waals surface area contributed by atoms with Crippen molar-refractivity contribution in [1.82, 2.24) is 19.3 Å². The molecule has 0 saturated carbocycles. The molecule has 13 nitrogen and oxygen atoms in total. The van der Waals surface area contributed by atoms with Crippen molar-refractivity contribution < 1.29 is 37.4 Å². The number of nitrogens with one attached hydrogen (secondary N) is 1. The van der Waals surface area contributed by atoms with Crippen LogP contribution in [-0.4, -0.2) is 76.4 Å². The Morgan fingerprint density at radius 2 is 1.97 bits per heavy atom. The lowest BCUT2D eigenvalue weighted by atomic mass is 9.88. The Morgan fingerprint density at radius 3 is 2.68 bits per heavy atom. The summed E-state index contributed by atoms with van der Waals surface area (Å²) < 4.78 is 45.1. The smallest absolute Gasteiger partial charge is 0.336 e. The highest BCUT2D eigenvalue weighted by molar-refractivity contribution is 7.84. The van der Waals surface area contributed by atoms with E-state index < -0.39 is 47.0 Å². The molecule has 0 aliphatic carbocycles. The molecule has 2 aliphatic heterocycles. The summed E-state index contributed by atoms with van der Waals surface area (Å²) in [5.41, 5.74) is 6.16. The number of aliphatic hydroxyl groups excluding tert-OH is 2. The maximum Gasteiger partial charge on any atom is 0.336 e. The number of nitrogen functional groups attached to an aromatic ring is 1. The minimum Gasteiger partial charge on any atom is -0.508 e. The standard InChI is InChI=1S/C20H23N5O8S/c21-12-5-6-22-18-15(12)23-10-25(18)19-17(28)16(27)14(33-19)7-32-34(29,30)24-20(8-31-9-20)11-3-1-2-4-13(11)26/h1-6,10,14,16-17,19,24,26-28H,7-9H2,(H2,21,22)/t14-,16-,17-,19-/m1/s1. The molecule has 4 atom stereocenters.